The van der Waals surface area contributed by atoms with E-state index in [4.69, 9.17) is 5.14 Å². The van der Waals surface area contributed by atoms with E-state index in [0.717, 1.165) is 17.0 Å². The summed E-state index contributed by atoms with van der Waals surface area (Å²) in [5, 5.41) is 5.98. The summed E-state index contributed by atoms with van der Waals surface area (Å²) in [6, 6.07) is 3.35. The lowest BCUT2D eigenvalue weighted by Gasteiger charge is -1.93. The van der Waals surface area contributed by atoms with Gasteiger partial charge < -0.3 is 9.72 Å². The molecule has 0 fully saturated rings. The highest BCUT2D eigenvalue weighted by molar-refractivity contribution is 7.97. The molecule has 0 unspecified atom stereocenters. The van der Waals surface area contributed by atoms with E-state index in [1.54, 1.807) is 12.1 Å². The molecule has 0 aromatic carbocycles. The molecule has 0 amide bonds. The number of nitrogens with one attached hydrogen (secondary N) is 1. The van der Waals surface area contributed by atoms with Gasteiger partial charge in [-0.25, -0.2) is 4.79 Å². The number of ether oxygens (including phenoxy) is 1. The Labute approximate surface area is 68.2 Å². The minimum absolute atomic E-state index is 0.384. The van der Waals surface area contributed by atoms with Crippen molar-refractivity contribution in [1.29, 1.82) is 0 Å². The molecule has 0 atom stereocenters. The summed E-state index contributed by atoms with van der Waals surface area (Å²) in [7, 11) is 1.33. The molecule has 1 aromatic rings. The third kappa shape index (κ3) is 1.75. The Morgan fingerprint density at radius 2 is 2.45 bits per heavy atom. The molecule has 0 radical (unpaired) electrons. The Bertz CT molecular complexity index is 259. The van der Waals surface area contributed by atoms with E-state index in [1.807, 2.05) is 0 Å². The molecule has 1 rings (SSSR count). The van der Waals surface area contributed by atoms with E-state index in [9.17, 15) is 4.79 Å². The van der Waals surface area contributed by atoms with Crippen molar-refractivity contribution < 1.29 is 9.53 Å². The molecule has 4 nitrogen and oxygen atoms in total. The number of aromatic amines is 1. The fourth-order valence-electron chi connectivity index (χ4n) is 0.673. The Balaban J connectivity index is 2.80. The van der Waals surface area contributed by atoms with Gasteiger partial charge in [-0.1, -0.05) is 0 Å². The van der Waals surface area contributed by atoms with E-state index < -0.39 is 0 Å². The number of hydrogen-bond acceptors (Lipinski definition) is 4. The Morgan fingerprint density at radius 3 is 2.91 bits per heavy atom. The maximum Gasteiger partial charge on any atom is 0.354 e. The number of hydrogen-bond donors (Lipinski definition) is 2. The molecule has 0 saturated heterocycles. The van der Waals surface area contributed by atoms with Crippen LogP contribution < -0.4 is 5.14 Å². The summed E-state index contributed by atoms with van der Waals surface area (Å²) in [5.41, 5.74) is 0.417. The van der Waals surface area contributed by atoms with Gasteiger partial charge in [-0.2, -0.15) is 0 Å². The second-order valence-corrected chi connectivity index (χ2v) is 2.52. The molecule has 0 aliphatic rings. The summed E-state index contributed by atoms with van der Waals surface area (Å²) < 4.78 is 4.47. The SMILES string of the molecule is COC(=O)c1ccc(SN)[nH]1. The molecule has 0 aliphatic carbocycles. The van der Waals surface area contributed by atoms with Crippen LogP contribution in [0.25, 0.3) is 0 Å². The van der Waals surface area contributed by atoms with Gasteiger partial charge in [0.1, 0.15) is 5.69 Å². The van der Waals surface area contributed by atoms with E-state index in [-0.39, 0.29) is 5.97 Å². The molecular formula is C6H8N2O2S. The quantitative estimate of drug-likeness (QED) is 0.510. The average Bonchev–Trinajstić information content (AvgIpc) is 2.50. The van der Waals surface area contributed by atoms with Crippen molar-refractivity contribution in [2.45, 2.75) is 5.03 Å². The van der Waals surface area contributed by atoms with Gasteiger partial charge in [-0.15, -0.1) is 0 Å². The van der Waals surface area contributed by atoms with Crippen LogP contribution in [-0.4, -0.2) is 18.1 Å². The lowest BCUT2D eigenvalue weighted by atomic mass is 10.4. The zero-order valence-corrected chi connectivity index (χ0v) is 6.77. The monoisotopic (exact) mass is 172 g/mol. The fourth-order valence-corrected chi connectivity index (χ4v) is 0.988. The first-order valence-electron chi connectivity index (χ1n) is 2.92. The average molecular weight is 172 g/mol. The number of aromatic nitrogens is 1. The highest BCUT2D eigenvalue weighted by Crippen LogP contribution is 2.10. The van der Waals surface area contributed by atoms with Gasteiger partial charge in [-0.3, -0.25) is 5.14 Å². The van der Waals surface area contributed by atoms with Crippen LogP contribution in [0.3, 0.4) is 0 Å². The van der Waals surface area contributed by atoms with Gasteiger partial charge in [0.05, 0.1) is 12.1 Å². The molecule has 3 N–H and O–H groups in total. The lowest BCUT2D eigenvalue weighted by molar-refractivity contribution is 0.0594. The van der Waals surface area contributed by atoms with Gasteiger partial charge in [0.25, 0.3) is 0 Å². The van der Waals surface area contributed by atoms with Crippen molar-refractivity contribution in [2.24, 2.45) is 5.14 Å². The number of carbonyl (C=O) groups is 1. The molecule has 60 valence electrons. The molecule has 0 saturated carbocycles. The van der Waals surface area contributed by atoms with E-state index in [2.05, 4.69) is 9.72 Å². The predicted molar refractivity (Wildman–Crippen MR) is 42.2 cm³/mol. The normalized spacial score (nSPS) is 9.64. The maximum absolute atomic E-state index is 10.8. The lowest BCUT2D eigenvalue weighted by Crippen LogP contribution is -2.00. The van der Waals surface area contributed by atoms with Crippen LogP contribution >= 0.6 is 11.9 Å². The first-order valence-corrected chi connectivity index (χ1v) is 3.80. The van der Waals surface area contributed by atoms with Gasteiger partial charge in [-0.05, 0) is 24.1 Å². The topological polar surface area (TPSA) is 68.1 Å². The summed E-state index contributed by atoms with van der Waals surface area (Å²) >= 11 is 1.05. The Morgan fingerprint density at radius 1 is 1.73 bits per heavy atom. The number of rotatable bonds is 2. The van der Waals surface area contributed by atoms with Gasteiger partial charge in [0.15, 0.2) is 0 Å². The second kappa shape index (κ2) is 3.45. The third-order valence-corrected chi connectivity index (χ3v) is 1.68. The van der Waals surface area contributed by atoms with E-state index >= 15 is 0 Å². The van der Waals surface area contributed by atoms with Crippen molar-refractivity contribution in [2.75, 3.05) is 7.11 Å². The van der Waals surface area contributed by atoms with Gasteiger partial charge >= 0.3 is 5.97 Å². The second-order valence-electron chi connectivity index (χ2n) is 1.85. The van der Waals surface area contributed by atoms with E-state index in [1.165, 1.54) is 7.11 Å². The standard InChI is InChI=1S/C6H8N2O2S/c1-10-6(9)4-2-3-5(8-4)11-7/h2-3,8H,7H2,1H3. The van der Waals surface area contributed by atoms with Crippen molar-refractivity contribution in [3.8, 4) is 0 Å². The zero-order valence-electron chi connectivity index (χ0n) is 5.96. The zero-order chi connectivity index (χ0) is 8.27. The van der Waals surface area contributed by atoms with Gasteiger partial charge in [0.2, 0.25) is 0 Å². The Hall–Kier alpha value is -0.940. The van der Waals surface area contributed by atoms with Crippen molar-refractivity contribution >= 4 is 17.9 Å². The smallest absolute Gasteiger partial charge is 0.354 e. The number of esters is 1. The molecule has 5 heteroatoms. The van der Waals surface area contributed by atoms with Crippen LogP contribution in [0.4, 0.5) is 0 Å². The number of methoxy groups -OCH3 is 1. The highest BCUT2D eigenvalue weighted by atomic mass is 32.2. The largest absolute Gasteiger partial charge is 0.464 e. The molecule has 11 heavy (non-hydrogen) atoms. The number of carbonyl (C=O) groups excluding carboxylic acids is 1. The maximum atomic E-state index is 10.8. The number of H-pyrrole nitrogens is 1. The summed E-state index contributed by atoms with van der Waals surface area (Å²) in [6.45, 7) is 0. The highest BCUT2D eigenvalue weighted by Gasteiger charge is 2.06. The minimum atomic E-state index is -0.384. The summed E-state index contributed by atoms with van der Waals surface area (Å²) in [5.74, 6) is -0.384. The summed E-state index contributed by atoms with van der Waals surface area (Å²) in [4.78, 5) is 13.6. The minimum Gasteiger partial charge on any atom is -0.464 e. The molecule has 1 heterocycles. The predicted octanol–water partition coefficient (Wildman–Crippen LogP) is 0.767. The van der Waals surface area contributed by atoms with Crippen LogP contribution in [0.15, 0.2) is 17.2 Å². The molecular weight excluding hydrogens is 164 g/mol. The third-order valence-electron chi connectivity index (χ3n) is 1.19. The van der Waals surface area contributed by atoms with Crippen molar-refractivity contribution in [3.05, 3.63) is 17.8 Å². The first kappa shape index (κ1) is 8.16. The van der Waals surface area contributed by atoms with Crippen molar-refractivity contribution in [3.63, 3.8) is 0 Å². The first-order chi connectivity index (χ1) is 5.27. The van der Waals surface area contributed by atoms with Crippen LogP contribution in [0.5, 0.6) is 0 Å². The van der Waals surface area contributed by atoms with E-state index in [0.29, 0.717) is 5.69 Å². The molecule has 0 aliphatic heterocycles. The van der Waals surface area contributed by atoms with Gasteiger partial charge in [0, 0.05) is 0 Å². The molecule has 0 spiro atoms. The number of nitrogens with two attached hydrogens (primary N) is 1. The molecule has 1 aromatic heterocycles. The van der Waals surface area contributed by atoms with Crippen LogP contribution in [-0.2, 0) is 4.74 Å². The van der Waals surface area contributed by atoms with Crippen LogP contribution in [0.2, 0.25) is 0 Å². The van der Waals surface area contributed by atoms with Crippen molar-refractivity contribution in [1.82, 2.24) is 4.98 Å². The summed E-state index contributed by atoms with van der Waals surface area (Å²) in [6.07, 6.45) is 0. The van der Waals surface area contributed by atoms with Crippen LogP contribution in [0, 0.1) is 0 Å². The fraction of sp³-hybridized carbons (Fsp3) is 0.167. The Kier molecular flexibility index (Phi) is 2.56. The molecule has 0 bridgehead atoms. The van der Waals surface area contributed by atoms with Crippen LogP contribution in [0.1, 0.15) is 10.5 Å².